The van der Waals surface area contributed by atoms with Gasteiger partial charge in [-0.05, 0) is 68.0 Å². The highest BCUT2D eigenvalue weighted by Crippen LogP contribution is 2.21. The van der Waals surface area contributed by atoms with E-state index in [1.165, 1.54) is 16.3 Å². The van der Waals surface area contributed by atoms with Crippen LogP contribution in [-0.2, 0) is 6.54 Å². The van der Waals surface area contributed by atoms with Gasteiger partial charge in [-0.2, -0.15) is 5.10 Å². The average Bonchev–Trinajstić information content (AvgIpc) is 3.27. The van der Waals surface area contributed by atoms with E-state index >= 15 is 0 Å². The molecule has 2 aromatic heterocycles. The molecule has 0 N–H and O–H groups in total. The lowest BCUT2D eigenvalue weighted by atomic mass is 9.96. The normalized spacial score (nSPS) is 14.9. The van der Waals surface area contributed by atoms with Gasteiger partial charge in [0.15, 0.2) is 5.82 Å². The molecule has 1 fully saturated rings. The van der Waals surface area contributed by atoms with Crippen molar-refractivity contribution in [1.29, 1.82) is 0 Å². The summed E-state index contributed by atoms with van der Waals surface area (Å²) in [7, 11) is 0. The predicted molar refractivity (Wildman–Crippen MR) is 110 cm³/mol. The van der Waals surface area contributed by atoms with Crippen molar-refractivity contribution in [2.45, 2.75) is 33.2 Å². The fourth-order valence-corrected chi connectivity index (χ4v) is 3.72. The summed E-state index contributed by atoms with van der Waals surface area (Å²) in [6.07, 6.45) is 5.20. The molecule has 4 rings (SSSR count). The molecule has 3 heterocycles. The number of likely N-dealkylation sites (tertiary alicyclic amines) is 1. The zero-order valence-corrected chi connectivity index (χ0v) is 16.8. The third kappa shape index (κ3) is 4.13. The standard InChI is InChI=1S/C22H25N5O2/c1-16-4-5-19(14-17(16)2)22(29)25-12-8-18(9-13-25)15-27-21(28)7-6-20(24-27)26-11-3-10-23-26/h3-7,10-11,14,18H,8-9,12-13,15H2,1-2H3. The minimum Gasteiger partial charge on any atom is -0.339 e. The van der Waals surface area contributed by atoms with Crippen LogP contribution in [0.2, 0.25) is 0 Å². The van der Waals surface area contributed by atoms with Gasteiger partial charge in [-0.1, -0.05) is 6.07 Å². The Morgan fingerprint density at radius 2 is 1.90 bits per heavy atom. The molecule has 1 aliphatic rings. The fraction of sp³-hybridized carbons (Fsp3) is 0.364. The summed E-state index contributed by atoms with van der Waals surface area (Å²) in [4.78, 5) is 27.0. The van der Waals surface area contributed by atoms with Crippen molar-refractivity contribution in [2.24, 2.45) is 5.92 Å². The van der Waals surface area contributed by atoms with Gasteiger partial charge in [0.2, 0.25) is 0 Å². The maximum Gasteiger partial charge on any atom is 0.266 e. The first-order valence-corrected chi connectivity index (χ1v) is 9.96. The molecule has 150 valence electrons. The third-order valence-electron chi connectivity index (χ3n) is 5.68. The molecule has 1 aromatic carbocycles. The zero-order valence-electron chi connectivity index (χ0n) is 16.8. The smallest absolute Gasteiger partial charge is 0.266 e. The summed E-state index contributed by atoms with van der Waals surface area (Å²) in [5.74, 6) is 1.02. The summed E-state index contributed by atoms with van der Waals surface area (Å²) >= 11 is 0. The van der Waals surface area contributed by atoms with Crippen LogP contribution in [0.1, 0.15) is 34.3 Å². The summed E-state index contributed by atoms with van der Waals surface area (Å²) in [6.45, 7) is 6.03. The van der Waals surface area contributed by atoms with E-state index in [4.69, 9.17) is 0 Å². The number of carbonyl (C=O) groups is 1. The zero-order chi connectivity index (χ0) is 20.4. The second-order valence-electron chi connectivity index (χ2n) is 7.70. The van der Waals surface area contributed by atoms with Gasteiger partial charge < -0.3 is 4.90 Å². The number of amides is 1. The van der Waals surface area contributed by atoms with Crippen molar-refractivity contribution in [2.75, 3.05) is 13.1 Å². The maximum atomic E-state index is 12.8. The van der Waals surface area contributed by atoms with Crippen molar-refractivity contribution in [1.82, 2.24) is 24.5 Å². The van der Waals surface area contributed by atoms with Crippen LogP contribution in [0.3, 0.4) is 0 Å². The number of carbonyl (C=O) groups excluding carboxylic acids is 1. The van der Waals surface area contributed by atoms with Crippen LogP contribution >= 0.6 is 0 Å². The minimum atomic E-state index is -0.116. The SMILES string of the molecule is Cc1ccc(C(=O)N2CCC(Cn3nc(-n4cccn4)ccc3=O)CC2)cc1C. The van der Waals surface area contributed by atoms with E-state index in [-0.39, 0.29) is 11.5 Å². The number of hydrogen-bond donors (Lipinski definition) is 0. The maximum absolute atomic E-state index is 12.8. The summed E-state index contributed by atoms with van der Waals surface area (Å²) < 4.78 is 3.16. The largest absolute Gasteiger partial charge is 0.339 e. The second kappa shape index (κ2) is 8.03. The Hall–Kier alpha value is -3.22. The molecule has 1 amide bonds. The lowest BCUT2D eigenvalue weighted by Gasteiger charge is -2.32. The van der Waals surface area contributed by atoms with Crippen LogP contribution in [0.15, 0.2) is 53.6 Å². The van der Waals surface area contributed by atoms with E-state index in [9.17, 15) is 9.59 Å². The number of benzene rings is 1. The van der Waals surface area contributed by atoms with E-state index in [0.717, 1.165) is 24.0 Å². The molecule has 1 saturated heterocycles. The van der Waals surface area contributed by atoms with Crippen molar-refractivity contribution in [3.05, 3.63) is 75.8 Å². The summed E-state index contributed by atoms with van der Waals surface area (Å²) in [5, 5.41) is 8.62. The molecule has 7 heteroatoms. The summed E-state index contributed by atoms with van der Waals surface area (Å²) in [6, 6.07) is 10.9. The van der Waals surface area contributed by atoms with E-state index in [1.54, 1.807) is 23.1 Å². The first kappa shape index (κ1) is 19.1. The molecule has 0 atom stereocenters. The fourth-order valence-electron chi connectivity index (χ4n) is 3.72. The molecule has 1 aliphatic heterocycles. The van der Waals surface area contributed by atoms with Crippen LogP contribution in [0.25, 0.3) is 5.82 Å². The van der Waals surface area contributed by atoms with Crippen LogP contribution in [0.4, 0.5) is 0 Å². The quantitative estimate of drug-likeness (QED) is 0.685. The van der Waals surface area contributed by atoms with Crippen LogP contribution in [-0.4, -0.2) is 43.5 Å². The lowest BCUT2D eigenvalue weighted by molar-refractivity contribution is 0.0680. The van der Waals surface area contributed by atoms with Gasteiger partial charge in [0.1, 0.15) is 0 Å². The topological polar surface area (TPSA) is 73.0 Å². The summed E-state index contributed by atoms with van der Waals surface area (Å²) in [5.41, 5.74) is 2.95. The molecule has 0 spiro atoms. The van der Waals surface area contributed by atoms with Gasteiger partial charge in [-0.15, -0.1) is 5.10 Å². The van der Waals surface area contributed by atoms with E-state index in [0.29, 0.717) is 31.4 Å². The average molecular weight is 391 g/mol. The number of rotatable bonds is 4. The monoisotopic (exact) mass is 391 g/mol. The van der Waals surface area contributed by atoms with Crippen molar-refractivity contribution >= 4 is 5.91 Å². The Bertz CT molecular complexity index is 1060. The molecular weight excluding hydrogens is 366 g/mol. The Balaban J connectivity index is 1.40. The number of aryl methyl sites for hydroxylation is 2. The van der Waals surface area contributed by atoms with Gasteiger partial charge in [0, 0.05) is 43.7 Å². The van der Waals surface area contributed by atoms with Crippen LogP contribution in [0, 0.1) is 19.8 Å². The lowest BCUT2D eigenvalue weighted by Crippen LogP contribution is -2.40. The van der Waals surface area contributed by atoms with E-state index < -0.39 is 0 Å². The van der Waals surface area contributed by atoms with Crippen LogP contribution in [0.5, 0.6) is 0 Å². The Morgan fingerprint density at radius 3 is 2.59 bits per heavy atom. The van der Waals surface area contributed by atoms with E-state index in [2.05, 4.69) is 10.2 Å². The molecule has 0 radical (unpaired) electrons. The first-order valence-electron chi connectivity index (χ1n) is 9.96. The van der Waals surface area contributed by atoms with Gasteiger partial charge in [0.25, 0.3) is 11.5 Å². The van der Waals surface area contributed by atoms with Crippen molar-refractivity contribution in [3.8, 4) is 5.82 Å². The number of hydrogen-bond acceptors (Lipinski definition) is 4. The van der Waals surface area contributed by atoms with E-state index in [1.807, 2.05) is 43.0 Å². The molecular formula is C22H25N5O2. The van der Waals surface area contributed by atoms with Gasteiger partial charge in [-0.25, -0.2) is 9.36 Å². The Labute approximate surface area is 169 Å². The molecule has 3 aromatic rings. The molecule has 0 unspecified atom stereocenters. The van der Waals surface area contributed by atoms with Crippen LogP contribution < -0.4 is 5.56 Å². The highest BCUT2D eigenvalue weighted by atomic mass is 16.2. The molecule has 29 heavy (non-hydrogen) atoms. The number of piperidine rings is 1. The molecule has 0 saturated carbocycles. The molecule has 7 nitrogen and oxygen atoms in total. The van der Waals surface area contributed by atoms with Crippen molar-refractivity contribution in [3.63, 3.8) is 0 Å². The molecule has 0 bridgehead atoms. The molecule has 0 aliphatic carbocycles. The Morgan fingerprint density at radius 1 is 1.10 bits per heavy atom. The third-order valence-corrected chi connectivity index (χ3v) is 5.68. The highest BCUT2D eigenvalue weighted by Gasteiger charge is 2.24. The van der Waals surface area contributed by atoms with Gasteiger partial charge in [-0.3, -0.25) is 9.59 Å². The van der Waals surface area contributed by atoms with Gasteiger partial charge >= 0.3 is 0 Å². The van der Waals surface area contributed by atoms with Crippen molar-refractivity contribution < 1.29 is 4.79 Å². The highest BCUT2D eigenvalue weighted by molar-refractivity contribution is 5.94. The number of aromatic nitrogens is 4. The minimum absolute atomic E-state index is 0.0857. The first-order chi connectivity index (χ1) is 14.0. The predicted octanol–water partition coefficient (Wildman–Crippen LogP) is 2.60. The number of nitrogens with zero attached hydrogens (tertiary/aromatic N) is 5. The van der Waals surface area contributed by atoms with Gasteiger partial charge in [0.05, 0.1) is 0 Å². The Kier molecular flexibility index (Phi) is 5.29. The second-order valence-corrected chi connectivity index (χ2v) is 7.70.